The summed E-state index contributed by atoms with van der Waals surface area (Å²) in [4.78, 5) is 5.17. The summed E-state index contributed by atoms with van der Waals surface area (Å²) in [6, 6.07) is 22.0. The van der Waals surface area contributed by atoms with Crippen molar-refractivity contribution < 1.29 is 5.11 Å². The molecule has 1 fully saturated rings. The number of aliphatic hydroxyl groups is 1. The Bertz CT molecular complexity index is 617. The highest BCUT2D eigenvalue weighted by Gasteiger charge is 2.25. The maximum Gasteiger partial charge on any atom is 0.0446 e. The fourth-order valence-corrected chi connectivity index (χ4v) is 3.94. The van der Waals surface area contributed by atoms with Crippen molar-refractivity contribution in [2.75, 3.05) is 39.3 Å². The van der Waals surface area contributed by atoms with Gasteiger partial charge in [0, 0.05) is 38.8 Å². The number of benzene rings is 2. The zero-order chi connectivity index (χ0) is 18.0. The van der Waals surface area contributed by atoms with Crippen molar-refractivity contribution in [1.29, 1.82) is 0 Å². The van der Waals surface area contributed by atoms with E-state index in [0.29, 0.717) is 6.04 Å². The molecule has 0 unspecified atom stereocenters. The van der Waals surface area contributed by atoms with Crippen molar-refractivity contribution in [2.45, 2.75) is 31.7 Å². The summed E-state index contributed by atoms with van der Waals surface area (Å²) in [7, 11) is 0. The Morgan fingerprint density at radius 3 is 2.12 bits per heavy atom. The summed E-state index contributed by atoms with van der Waals surface area (Å²) in [5.41, 5.74) is 2.84. The average molecular weight is 353 g/mol. The standard InChI is InChI=1S/C23H32N2O/c26-19-14-23-20-24(16-13-22-10-5-2-6-11-22)17-18-25(23)15-7-12-21-8-3-1-4-9-21/h1-6,8-11,23,26H,7,12-20H2/t23-/m1/s1. The molecule has 3 rings (SSSR count). The average Bonchev–Trinajstić information content (AvgIpc) is 2.70. The molecule has 0 amide bonds. The molecule has 0 radical (unpaired) electrons. The molecule has 1 aliphatic heterocycles. The topological polar surface area (TPSA) is 26.7 Å². The minimum atomic E-state index is 0.284. The van der Waals surface area contributed by atoms with Crippen molar-refractivity contribution in [3.8, 4) is 0 Å². The number of rotatable bonds is 9. The van der Waals surface area contributed by atoms with E-state index < -0.39 is 0 Å². The number of aryl methyl sites for hydroxylation is 1. The van der Waals surface area contributed by atoms with E-state index in [0.717, 1.165) is 52.0 Å². The molecule has 0 aromatic heterocycles. The van der Waals surface area contributed by atoms with Gasteiger partial charge >= 0.3 is 0 Å². The number of aliphatic hydroxyl groups excluding tert-OH is 1. The molecular weight excluding hydrogens is 320 g/mol. The van der Waals surface area contributed by atoms with Crippen LogP contribution in [0.25, 0.3) is 0 Å². The molecule has 140 valence electrons. The molecule has 0 aliphatic carbocycles. The van der Waals surface area contributed by atoms with E-state index in [1.807, 2.05) is 0 Å². The van der Waals surface area contributed by atoms with Gasteiger partial charge in [0.2, 0.25) is 0 Å². The van der Waals surface area contributed by atoms with Crippen molar-refractivity contribution in [3.05, 3.63) is 71.8 Å². The van der Waals surface area contributed by atoms with E-state index in [2.05, 4.69) is 70.5 Å². The van der Waals surface area contributed by atoms with Crippen LogP contribution in [0.4, 0.5) is 0 Å². The molecule has 2 aromatic carbocycles. The van der Waals surface area contributed by atoms with Gasteiger partial charge in [-0.1, -0.05) is 60.7 Å². The summed E-state index contributed by atoms with van der Waals surface area (Å²) < 4.78 is 0. The Kier molecular flexibility index (Phi) is 7.68. The Labute approximate surface area is 158 Å². The lowest BCUT2D eigenvalue weighted by Crippen LogP contribution is -2.53. The Balaban J connectivity index is 1.44. The molecule has 3 nitrogen and oxygen atoms in total. The minimum Gasteiger partial charge on any atom is -0.396 e. The summed E-state index contributed by atoms with van der Waals surface area (Å²) in [6.45, 7) is 5.87. The van der Waals surface area contributed by atoms with Gasteiger partial charge in [0.25, 0.3) is 0 Å². The fourth-order valence-electron chi connectivity index (χ4n) is 3.94. The van der Waals surface area contributed by atoms with Crippen LogP contribution < -0.4 is 0 Å². The maximum absolute atomic E-state index is 9.49. The Morgan fingerprint density at radius 1 is 0.808 bits per heavy atom. The second-order valence-electron chi connectivity index (χ2n) is 7.33. The zero-order valence-corrected chi connectivity index (χ0v) is 15.8. The van der Waals surface area contributed by atoms with Gasteiger partial charge in [0.05, 0.1) is 0 Å². The van der Waals surface area contributed by atoms with E-state index in [9.17, 15) is 5.11 Å². The van der Waals surface area contributed by atoms with Crippen molar-refractivity contribution in [2.24, 2.45) is 0 Å². The second-order valence-corrected chi connectivity index (χ2v) is 7.33. The van der Waals surface area contributed by atoms with Gasteiger partial charge in [-0.3, -0.25) is 4.90 Å². The third-order valence-electron chi connectivity index (χ3n) is 5.46. The molecule has 26 heavy (non-hydrogen) atoms. The molecule has 3 heteroatoms. The third-order valence-corrected chi connectivity index (χ3v) is 5.46. The molecular formula is C23H32N2O. The highest BCUT2D eigenvalue weighted by Crippen LogP contribution is 2.15. The first-order valence-electron chi connectivity index (χ1n) is 10.0. The van der Waals surface area contributed by atoms with Crippen LogP contribution in [0.5, 0.6) is 0 Å². The van der Waals surface area contributed by atoms with Gasteiger partial charge < -0.3 is 10.0 Å². The van der Waals surface area contributed by atoms with E-state index in [4.69, 9.17) is 0 Å². The zero-order valence-electron chi connectivity index (χ0n) is 15.8. The largest absolute Gasteiger partial charge is 0.396 e. The van der Waals surface area contributed by atoms with Crippen LogP contribution in [-0.4, -0.2) is 60.3 Å². The Hall–Kier alpha value is -1.68. The number of hydrogen-bond acceptors (Lipinski definition) is 3. The Morgan fingerprint density at radius 2 is 1.46 bits per heavy atom. The lowest BCUT2D eigenvalue weighted by molar-refractivity contribution is 0.0591. The summed E-state index contributed by atoms with van der Waals surface area (Å²) in [6.07, 6.45) is 4.32. The molecule has 0 spiro atoms. The molecule has 1 heterocycles. The fraction of sp³-hybridized carbons (Fsp3) is 0.478. The third kappa shape index (κ3) is 5.94. The quantitative estimate of drug-likeness (QED) is 0.751. The first-order chi connectivity index (χ1) is 12.8. The first kappa shape index (κ1) is 19.1. The highest BCUT2D eigenvalue weighted by atomic mass is 16.3. The number of piperazine rings is 1. The van der Waals surface area contributed by atoms with Crippen LogP contribution >= 0.6 is 0 Å². The van der Waals surface area contributed by atoms with Gasteiger partial charge in [-0.2, -0.15) is 0 Å². The predicted molar refractivity (Wildman–Crippen MR) is 108 cm³/mol. The van der Waals surface area contributed by atoms with Gasteiger partial charge in [0.1, 0.15) is 0 Å². The summed E-state index contributed by atoms with van der Waals surface area (Å²) >= 11 is 0. The number of hydrogen-bond donors (Lipinski definition) is 1. The monoisotopic (exact) mass is 352 g/mol. The molecule has 0 saturated carbocycles. The summed E-state index contributed by atoms with van der Waals surface area (Å²) in [5.74, 6) is 0. The van der Waals surface area contributed by atoms with Crippen molar-refractivity contribution in [1.82, 2.24) is 9.80 Å². The second kappa shape index (κ2) is 10.5. The molecule has 1 saturated heterocycles. The van der Waals surface area contributed by atoms with Gasteiger partial charge in [-0.05, 0) is 43.4 Å². The van der Waals surface area contributed by atoms with E-state index in [1.54, 1.807) is 0 Å². The van der Waals surface area contributed by atoms with Crippen LogP contribution in [0.3, 0.4) is 0 Å². The molecule has 1 atom stereocenters. The van der Waals surface area contributed by atoms with E-state index in [-0.39, 0.29) is 6.61 Å². The van der Waals surface area contributed by atoms with Crippen LogP contribution in [0.15, 0.2) is 60.7 Å². The molecule has 1 N–H and O–H groups in total. The van der Waals surface area contributed by atoms with Crippen LogP contribution in [-0.2, 0) is 12.8 Å². The molecule has 2 aromatic rings. The van der Waals surface area contributed by atoms with Crippen molar-refractivity contribution >= 4 is 0 Å². The SMILES string of the molecule is OCC[C@@H]1CN(CCc2ccccc2)CCN1CCCc1ccccc1. The lowest BCUT2D eigenvalue weighted by Gasteiger charge is -2.41. The van der Waals surface area contributed by atoms with Crippen molar-refractivity contribution in [3.63, 3.8) is 0 Å². The smallest absolute Gasteiger partial charge is 0.0446 e. The number of nitrogens with zero attached hydrogens (tertiary/aromatic N) is 2. The van der Waals surface area contributed by atoms with E-state index in [1.165, 1.54) is 17.5 Å². The predicted octanol–water partition coefficient (Wildman–Crippen LogP) is 3.23. The van der Waals surface area contributed by atoms with Gasteiger partial charge in [-0.15, -0.1) is 0 Å². The van der Waals surface area contributed by atoms with Crippen LogP contribution in [0.1, 0.15) is 24.0 Å². The lowest BCUT2D eigenvalue weighted by atomic mass is 10.1. The minimum absolute atomic E-state index is 0.284. The first-order valence-corrected chi connectivity index (χ1v) is 10.0. The van der Waals surface area contributed by atoms with Crippen LogP contribution in [0.2, 0.25) is 0 Å². The highest BCUT2D eigenvalue weighted by molar-refractivity contribution is 5.15. The molecule has 0 bridgehead atoms. The molecule has 1 aliphatic rings. The van der Waals surface area contributed by atoms with Crippen LogP contribution in [0, 0.1) is 0 Å². The van der Waals surface area contributed by atoms with E-state index >= 15 is 0 Å². The van der Waals surface area contributed by atoms with Gasteiger partial charge in [0.15, 0.2) is 0 Å². The maximum atomic E-state index is 9.49. The summed E-state index contributed by atoms with van der Waals surface area (Å²) in [5, 5.41) is 9.49. The van der Waals surface area contributed by atoms with Gasteiger partial charge in [-0.25, -0.2) is 0 Å². The normalized spacial score (nSPS) is 18.9.